The lowest BCUT2D eigenvalue weighted by molar-refractivity contribution is -0.136. The molecule has 2 aliphatic carbocycles. The molecule has 0 bridgehead atoms. The molecule has 4 aromatic carbocycles. The summed E-state index contributed by atoms with van der Waals surface area (Å²) in [7, 11) is 2.54. The number of H-pyrrole nitrogens is 2. The first-order chi connectivity index (χ1) is 39.3. The molecule has 6 aliphatic rings. The molecular weight excluding hydrogens is 1040 g/mol. The summed E-state index contributed by atoms with van der Waals surface area (Å²) in [5, 5.41) is 5.60. The maximum absolute atomic E-state index is 17.1. The van der Waals surface area contributed by atoms with Gasteiger partial charge >= 0.3 is 12.2 Å². The number of aromatic nitrogens is 4. The number of hydrogen-bond acceptors (Lipinski definition) is 10. The number of anilines is 2. The number of aromatic amines is 2. The van der Waals surface area contributed by atoms with Crippen molar-refractivity contribution in [2.45, 2.75) is 145 Å². The Labute approximate surface area is 467 Å². The molecule has 81 heavy (non-hydrogen) atoms. The fraction of sp³-hybridized carbons (Fsp3) is 0.508. The molecule has 6 atom stereocenters. The third-order valence-electron chi connectivity index (χ3n) is 18.6. The van der Waals surface area contributed by atoms with Crippen molar-refractivity contribution in [1.29, 1.82) is 0 Å². The molecule has 20 heteroatoms. The highest BCUT2D eigenvalue weighted by atomic mass is 19.1. The lowest BCUT2D eigenvalue weighted by atomic mass is 9.89. The number of amides is 4. The lowest BCUT2D eigenvalue weighted by Crippen LogP contribution is -2.51. The smallest absolute Gasteiger partial charge is 0.407 e. The maximum Gasteiger partial charge on any atom is 0.407 e. The molecule has 6 fully saturated rings. The fourth-order valence-corrected chi connectivity index (χ4v) is 14.6. The van der Waals surface area contributed by atoms with Crippen LogP contribution in [-0.4, -0.2) is 106 Å². The van der Waals surface area contributed by atoms with Crippen molar-refractivity contribution in [2.75, 3.05) is 50.2 Å². The van der Waals surface area contributed by atoms with Crippen LogP contribution in [0.15, 0.2) is 66.7 Å². The van der Waals surface area contributed by atoms with Crippen LogP contribution in [0.4, 0.5) is 38.5 Å². The van der Waals surface area contributed by atoms with Crippen molar-refractivity contribution in [3.05, 3.63) is 118 Å². The van der Waals surface area contributed by atoms with Crippen LogP contribution >= 0.6 is 0 Å². The summed E-state index contributed by atoms with van der Waals surface area (Å²) in [5.41, 5.74) is 3.22. The third-order valence-corrected chi connectivity index (χ3v) is 18.6. The predicted octanol–water partition coefficient (Wildman–Crippen LogP) is 11.6. The van der Waals surface area contributed by atoms with Gasteiger partial charge in [-0.3, -0.25) is 9.59 Å². The van der Waals surface area contributed by atoms with Crippen molar-refractivity contribution < 1.29 is 46.2 Å². The van der Waals surface area contributed by atoms with Gasteiger partial charge in [0.1, 0.15) is 41.1 Å². The van der Waals surface area contributed by atoms with Crippen LogP contribution in [0.5, 0.6) is 0 Å². The van der Waals surface area contributed by atoms with E-state index in [4.69, 9.17) is 19.4 Å². The molecule has 6 heterocycles. The molecule has 0 radical (unpaired) electrons. The van der Waals surface area contributed by atoms with Crippen molar-refractivity contribution in [1.82, 2.24) is 40.4 Å². The minimum absolute atomic E-state index is 0.0374. The number of methoxy groups -OCH3 is 2. The van der Waals surface area contributed by atoms with E-state index in [9.17, 15) is 19.2 Å². The highest BCUT2D eigenvalue weighted by molar-refractivity contribution is 5.88. The topological polar surface area (TPSA) is 181 Å². The van der Waals surface area contributed by atoms with Crippen LogP contribution in [0.2, 0.25) is 0 Å². The van der Waals surface area contributed by atoms with Crippen LogP contribution in [0, 0.1) is 35.1 Å². The van der Waals surface area contributed by atoms with Gasteiger partial charge in [-0.2, -0.15) is 0 Å². The van der Waals surface area contributed by atoms with Crippen LogP contribution in [0.1, 0.15) is 161 Å². The second kappa shape index (κ2) is 22.9. The lowest BCUT2D eigenvalue weighted by Gasteiger charge is -2.36. The molecule has 4 N–H and O–H groups in total. The van der Waals surface area contributed by atoms with Gasteiger partial charge in [0.05, 0.1) is 60.5 Å². The number of carbonyl (C=O) groups excluding carboxylic acids is 4. The zero-order valence-electron chi connectivity index (χ0n) is 45.8. The van der Waals surface area contributed by atoms with Gasteiger partial charge in [-0.05, 0) is 125 Å². The number of likely N-dealkylation sites (tertiary alicyclic amines) is 2. The van der Waals surface area contributed by atoms with Crippen molar-refractivity contribution >= 4 is 57.4 Å². The number of benzene rings is 4. The first-order valence-electron chi connectivity index (χ1n) is 29.1. The maximum atomic E-state index is 17.1. The number of nitrogens with one attached hydrogen (secondary N) is 4. The van der Waals surface area contributed by atoms with E-state index in [1.54, 1.807) is 31.7 Å². The second-order valence-electron chi connectivity index (χ2n) is 23.2. The van der Waals surface area contributed by atoms with Crippen LogP contribution in [-0.2, 0) is 19.1 Å². The summed E-state index contributed by atoms with van der Waals surface area (Å²) < 4.78 is 77.8. The van der Waals surface area contributed by atoms with E-state index in [0.717, 1.165) is 51.4 Å². The Hall–Kier alpha value is -7.38. The van der Waals surface area contributed by atoms with E-state index in [2.05, 4.69) is 32.7 Å². The van der Waals surface area contributed by atoms with E-state index in [1.807, 2.05) is 18.2 Å². The van der Waals surface area contributed by atoms with Crippen molar-refractivity contribution in [3.63, 3.8) is 0 Å². The van der Waals surface area contributed by atoms with Gasteiger partial charge in [0.25, 0.3) is 0 Å². The van der Waals surface area contributed by atoms with E-state index < -0.39 is 71.7 Å². The summed E-state index contributed by atoms with van der Waals surface area (Å²) in [6, 6.07) is 14.5. The van der Waals surface area contributed by atoms with E-state index >= 15 is 17.6 Å². The van der Waals surface area contributed by atoms with Crippen molar-refractivity contribution in [2.24, 2.45) is 11.8 Å². The molecular formula is C61H70F4N10O6. The summed E-state index contributed by atoms with van der Waals surface area (Å²) in [5.74, 6) is -2.11. The molecule has 2 unspecified atom stereocenters. The summed E-state index contributed by atoms with van der Waals surface area (Å²) in [6.45, 7) is 1.76. The standard InChI is InChI=1S/C61H70F4N10O6/c1-80-60(78)70-53(36-14-6-7-15-36)58(76)73-24-10-18-51(73)56-66-45-30-39(41(62)32-47(45)68-56)49-20-21-50(75(49)38-28-43(64)55(44(65)29-38)72-26-22-35(23-27-72)34-12-4-3-5-13-34)40-31-46-48(33-42(40)63)69-57(67-46)52-19-11-25-74(52)59(77)54(71-61(79)81-2)37-16-8-9-17-37/h3-5,12-13,28-33,35-37,49-54H,6-11,14-27H2,1-2H3,(H,66,68)(H,67,69)(H,70,78)(H,71,79)/t49-,50-,51+,52+,53?,54?/m1/s1. The molecule has 0 spiro atoms. The van der Waals surface area contributed by atoms with Crippen LogP contribution in [0.3, 0.4) is 0 Å². The number of nitrogens with zero attached hydrogens (tertiary/aromatic N) is 6. The largest absolute Gasteiger partial charge is 0.453 e. The molecule has 16 nitrogen and oxygen atoms in total. The highest BCUT2D eigenvalue weighted by Crippen LogP contribution is 2.50. The highest BCUT2D eigenvalue weighted by Gasteiger charge is 2.44. The quantitative estimate of drug-likeness (QED) is 0.0813. The van der Waals surface area contributed by atoms with Gasteiger partial charge in [0.2, 0.25) is 11.8 Å². The number of ether oxygens (including phenoxy) is 2. The number of rotatable bonds is 13. The fourth-order valence-electron chi connectivity index (χ4n) is 14.6. The molecule has 4 saturated heterocycles. The Morgan fingerprint density at radius 2 is 1.00 bits per heavy atom. The average molecular weight is 1120 g/mol. The summed E-state index contributed by atoms with van der Waals surface area (Å²) in [4.78, 5) is 77.1. The molecule has 4 aliphatic heterocycles. The van der Waals surface area contributed by atoms with Gasteiger partial charge < -0.3 is 49.7 Å². The first kappa shape index (κ1) is 54.2. The minimum atomic E-state index is -0.838. The van der Waals surface area contributed by atoms with E-state index in [0.29, 0.717) is 98.4 Å². The molecule has 12 rings (SSSR count). The summed E-state index contributed by atoms with van der Waals surface area (Å²) in [6.07, 6.45) is 10.2. The Bertz CT molecular complexity index is 3140. The molecule has 4 amide bonds. The second-order valence-corrected chi connectivity index (χ2v) is 23.2. The van der Waals surface area contributed by atoms with Gasteiger partial charge in [0.15, 0.2) is 11.6 Å². The van der Waals surface area contributed by atoms with Crippen LogP contribution in [0.25, 0.3) is 22.1 Å². The summed E-state index contributed by atoms with van der Waals surface area (Å²) >= 11 is 0. The first-order valence-corrected chi connectivity index (χ1v) is 29.1. The zero-order valence-corrected chi connectivity index (χ0v) is 45.8. The number of halogens is 4. The number of alkyl carbamates (subject to hydrolysis) is 2. The molecule has 428 valence electrons. The Balaban J connectivity index is 0.873. The van der Waals surface area contributed by atoms with Gasteiger partial charge in [-0.1, -0.05) is 56.0 Å². The number of carbonyl (C=O) groups is 4. The average Bonchev–Trinajstić information content (AvgIpc) is 4.41. The number of hydrogen-bond donors (Lipinski definition) is 4. The van der Waals surface area contributed by atoms with E-state index in [1.165, 1.54) is 44.0 Å². The Morgan fingerprint density at radius 1 is 0.543 bits per heavy atom. The Kier molecular flexibility index (Phi) is 15.3. The molecule has 2 saturated carbocycles. The predicted molar refractivity (Wildman–Crippen MR) is 296 cm³/mol. The molecule has 6 aromatic rings. The normalized spacial score (nSPS) is 22.8. The SMILES string of the molecule is COC(=O)NC(C(=O)N1CCC[C@H]1c1nc2cc(F)c([C@H]3CC[C@H](c4cc5[nH]c([C@@H]6CCCN6C(=O)C(NC(=O)OC)C6CCCC6)nc5cc4F)N3c3cc(F)c(N4CCC(c5ccccc5)CC4)c(F)c3)cc2[nH]1)C1CCCC1. The molecule has 2 aromatic heterocycles. The van der Waals surface area contributed by atoms with Gasteiger partial charge in [-0.15, -0.1) is 0 Å². The van der Waals surface area contributed by atoms with E-state index in [-0.39, 0.29) is 64.9 Å². The number of fused-ring (bicyclic) bond motifs is 2. The van der Waals surface area contributed by atoms with Crippen LogP contribution < -0.4 is 20.4 Å². The third kappa shape index (κ3) is 10.5. The van der Waals surface area contributed by atoms with Crippen molar-refractivity contribution in [3.8, 4) is 0 Å². The zero-order chi connectivity index (χ0) is 56.1. The number of piperidine rings is 1. The minimum Gasteiger partial charge on any atom is -0.453 e. The Morgan fingerprint density at radius 3 is 1.44 bits per heavy atom. The van der Waals surface area contributed by atoms with Gasteiger partial charge in [0, 0.05) is 55.1 Å². The van der Waals surface area contributed by atoms with Gasteiger partial charge in [-0.25, -0.2) is 37.1 Å². The monoisotopic (exact) mass is 1110 g/mol. The number of imidazole rings is 2.